The number of methoxy groups -OCH3 is 1. The second-order valence-corrected chi connectivity index (χ2v) is 10.9. The summed E-state index contributed by atoms with van der Waals surface area (Å²) in [6.07, 6.45) is 5.04. The highest BCUT2D eigenvalue weighted by molar-refractivity contribution is 7.85. The molecule has 0 saturated heterocycles. The quantitative estimate of drug-likeness (QED) is 0.175. The molecule has 3 aromatic carbocycles. The third kappa shape index (κ3) is 6.62. The van der Waals surface area contributed by atoms with Gasteiger partial charge in [-0.25, -0.2) is 4.39 Å². The summed E-state index contributed by atoms with van der Waals surface area (Å²) >= 11 is 0. The lowest BCUT2D eigenvalue weighted by Crippen LogP contribution is -2.49. The number of ether oxygens (including phenoxy) is 1. The van der Waals surface area contributed by atoms with Gasteiger partial charge in [-0.2, -0.15) is 8.42 Å². The van der Waals surface area contributed by atoms with Crippen LogP contribution < -0.4 is 31.3 Å². The van der Waals surface area contributed by atoms with Gasteiger partial charge in [-0.15, -0.1) is 0 Å². The number of nitrogens with zero attached hydrogens (tertiary/aromatic N) is 1. The van der Waals surface area contributed by atoms with E-state index in [0.29, 0.717) is 17.0 Å². The standard InChI is InChI=1S/C28H30FN3O6S/c1-19(20-8-7-13-28(29,17-20)21-9-6-12-23(16-21)38-2)30-18-24-25(27(34)26(24)33)32(14-15-39(35,36)37)31-22-10-4-3-5-11-22/h3-13,16,19,30-31H,14-15,17-18H2,1-2H3,(H,35,36,37)/t19-,28?/m0/s1. The minimum atomic E-state index is -4.33. The highest BCUT2D eigenvalue weighted by atomic mass is 32.2. The molecule has 1 aliphatic rings. The van der Waals surface area contributed by atoms with E-state index in [9.17, 15) is 22.6 Å². The molecule has 0 fully saturated rings. The fourth-order valence-corrected chi connectivity index (χ4v) is 4.89. The van der Waals surface area contributed by atoms with Crippen LogP contribution in [0.15, 0.2) is 88.0 Å². The van der Waals surface area contributed by atoms with Gasteiger partial charge in [0.2, 0.25) is 5.43 Å². The Morgan fingerprint density at radius 1 is 1.13 bits per heavy atom. The average molecular weight is 556 g/mol. The van der Waals surface area contributed by atoms with Gasteiger partial charge in [0.05, 0.1) is 25.1 Å². The molecule has 0 aromatic heterocycles. The SMILES string of the molecule is COc1cccc(C2(F)C=CC=C([C@H](C)NCc3c(N(CCS(=O)(=O)O)Nc4ccccc4)c(=O)c3=O)C2)c1. The van der Waals surface area contributed by atoms with Gasteiger partial charge in [-0.3, -0.25) is 24.6 Å². The molecular weight excluding hydrogens is 525 g/mol. The summed E-state index contributed by atoms with van der Waals surface area (Å²) in [5.41, 5.74) is 1.70. The van der Waals surface area contributed by atoms with Crippen molar-refractivity contribution in [2.24, 2.45) is 0 Å². The van der Waals surface area contributed by atoms with Crippen LogP contribution in [0, 0.1) is 0 Å². The molecule has 0 saturated carbocycles. The van der Waals surface area contributed by atoms with E-state index in [0.717, 1.165) is 5.57 Å². The molecule has 0 heterocycles. The molecule has 1 aliphatic carbocycles. The van der Waals surface area contributed by atoms with Crippen LogP contribution in [0.25, 0.3) is 0 Å². The Hall–Kier alpha value is -3.80. The number of nitrogens with one attached hydrogen (secondary N) is 2. The number of halogens is 1. The molecule has 4 rings (SSSR count). The Balaban J connectivity index is 1.50. The highest BCUT2D eigenvalue weighted by Crippen LogP contribution is 2.39. The van der Waals surface area contributed by atoms with Crippen LogP contribution in [-0.4, -0.2) is 38.4 Å². The summed E-state index contributed by atoms with van der Waals surface area (Å²) in [6, 6.07) is 15.2. The van der Waals surface area contributed by atoms with Crippen LogP contribution in [0.4, 0.5) is 15.8 Å². The molecular formula is C28H30FN3O6S. The monoisotopic (exact) mass is 555 g/mol. The first kappa shape index (κ1) is 28.2. The van der Waals surface area contributed by atoms with Crippen molar-refractivity contribution in [1.82, 2.24) is 5.32 Å². The van der Waals surface area contributed by atoms with Gasteiger partial charge >= 0.3 is 0 Å². The highest BCUT2D eigenvalue weighted by Gasteiger charge is 2.34. The Morgan fingerprint density at radius 3 is 2.56 bits per heavy atom. The second kappa shape index (κ2) is 11.5. The molecule has 39 heavy (non-hydrogen) atoms. The molecule has 0 spiro atoms. The Kier molecular flexibility index (Phi) is 8.34. The molecule has 0 aliphatic heterocycles. The van der Waals surface area contributed by atoms with Gasteiger partial charge in [0.15, 0.2) is 5.67 Å². The van der Waals surface area contributed by atoms with Crippen molar-refractivity contribution in [2.45, 2.75) is 31.6 Å². The van der Waals surface area contributed by atoms with Crippen LogP contribution in [0.5, 0.6) is 5.75 Å². The maximum absolute atomic E-state index is 16.0. The van der Waals surface area contributed by atoms with Crippen molar-refractivity contribution < 1.29 is 22.1 Å². The van der Waals surface area contributed by atoms with Crippen molar-refractivity contribution in [3.05, 3.63) is 110 Å². The van der Waals surface area contributed by atoms with Gasteiger partial charge in [-0.05, 0) is 48.4 Å². The van der Waals surface area contributed by atoms with Crippen LogP contribution in [0.2, 0.25) is 0 Å². The van der Waals surface area contributed by atoms with Gasteiger partial charge in [0.1, 0.15) is 11.4 Å². The summed E-state index contributed by atoms with van der Waals surface area (Å²) in [5, 5.41) is 4.45. The van der Waals surface area contributed by atoms with Crippen molar-refractivity contribution in [3.8, 4) is 5.75 Å². The second-order valence-electron chi connectivity index (χ2n) is 9.38. The topological polar surface area (TPSA) is 125 Å². The van der Waals surface area contributed by atoms with Crippen LogP contribution in [0.1, 0.15) is 24.5 Å². The van der Waals surface area contributed by atoms with Gasteiger partial charge in [0, 0.05) is 24.6 Å². The van der Waals surface area contributed by atoms with E-state index in [4.69, 9.17) is 4.74 Å². The number of para-hydroxylation sites is 1. The minimum Gasteiger partial charge on any atom is -0.497 e. The fourth-order valence-electron chi connectivity index (χ4n) is 4.48. The first-order valence-electron chi connectivity index (χ1n) is 12.3. The molecule has 0 radical (unpaired) electrons. The van der Waals surface area contributed by atoms with Crippen molar-refractivity contribution >= 4 is 21.5 Å². The number of hydrazine groups is 1. The lowest BCUT2D eigenvalue weighted by molar-refractivity contribution is 0.225. The van der Waals surface area contributed by atoms with E-state index in [1.165, 1.54) is 18.2 Å². The van der Waals surface area contributed by atoms with Crippen molar-refractivity contribution in [2.75, 3.05) is 29.8 Å². The van der Waals surface area contributed by atoms with E-state index >= 15 is 4.39 Å². The minimum absolute atomic E-state index is 0.000578. The number of benzene rings is 2. The van der Waals surface area contributed by atoms with E-state index in [2.05, 4.69) is 10.7 Å². The summed E-state index contributed by atoms with van der Waals surface area (Å²) in [6.45, 7) is 1.56. The summed E-state index contributed by atoms with van der Waals surface area (Å²) < 4.78 is 53.3. The molecule has 11 heteroatoms. The van der Waals surface area contributed by atoms with Gasteiger partial charge in [-0.1, -0.05) is 42.5 Å². The van der Waals surface area contributed by atoms with Crippen molar-refractivity contribution in [3.63, 3.8) is 0 Å². The van der Waals surface area contributed by atoms with Gasteiger partial charge < -0.3 is 10.1 Å². The molecule has 1 unspecified atom stereocenters. The zero-order chi connectivity index (χ0) is 28.2. The van der Waals surface area contributed by atoms with E-state index < -0.39 is 32.4 Å². The molecule has 3 N–H and O–H groups in total. The number of hydrogen-bond donors (Lipinski definition) is 3. The predicted molar refractivity (Wildman–Crippen MR) is 149 cm³/mol. The van der Waals surface area contributed by atoms with Crippen LogP contribution in [0.3, 0.4) is 0 Å². The van der Waals surface area contributed by atoms with Gasteiger partial charge in [0.25, 0.3) is 15.5 Å². The maximum Gasteiger partial charge on any atom is 0.266 e. The summed E-state index contributed by atoms with van der Waals surface area (Å²) in [5.74, 6) is -0.104. The molecule has 9 nitrogen and oxygen atoms in total. The first-order valence-corrected chi connectivity index (χ1v) is 13.9. The number of rotatable bonds is 12. The zero-order valence-electron chi connectivity index (χ0n) is 21.6. The average Bonchev–Trinajstić information content (AvgIpc) is 2.93. The summed E-state index contributed by atoms with van der Waals surface area (Å²) in [7, 11) is -2.81. The van der Waals surface area contributed by atoms with E-state index in [1.54, 1.807) is 60.7 Å². The fraction of sp³-hybridized carbons (Fsp3) is 0.286. The molecule has 0 bridgehead atoms. The predicted octanol–water partition coefficient (Wildman–Crippen LogP) is 3.24. The third-order valence-electron chi connectivity index (χ3n) is 6.68. The molecule has 2 atom stereocenters. The molecule has 3 aromatic rings. The molecule has 206 valence electrons. The molecule has 0 amide bonds. The zero-order valence-corrected chi connectivity index (χ0v) is 22.4. The lowest BCUT2D eigenvalue weighted by atomic mass is 9.83. The first-order chi connectivity index (χ1) is 18.5. The van der Waals surface area contributed by atoms with E-state index in [-0.39, 0.29) is 36.8 Å². The Labute approximate surface area is 226 Å². The lowest BCUT2D eigenvalue weighted by Gasteiger charge is -2.31. The van der Waals surface area contributed by atoms with Crippen LogP contribution >= 0.6 is 0 Å². The Bertz CT molecular complexity index is 1560. The number of alkyl halides is 1. The number of allylic oxidation sites excluding steroid dienone is 3. The van der Waals surface area contributed by atoms with Crippen LogP contribution in [-0.2, 0) is 22.3 Å². The maximum atomic E-state index is 16.0. The van der Waals surface area contributed by atoms with E-state index in [1.807, 2.05) is 13.0 Å². The third-order valence-corrected chi connectivity index (χ3v) is 7.38. The largest absolute Gasteiger partial charge is 0.497 e. The number of hydrogen-bond acceptors (Lipinski definition) is 8. The smallest absolute Gasteiger partial charge is 0.266 e. The number of anilines is 2. The summed E-state index contributed by atoms with van der Waals surface area (Å²) in [4.78, 5) is 25.1. The normalized spacial score (nSPS) is 18.0. The van der Waals surface area contributed by atoms with Crippen molar-refractivity contribution in [1.29, 1.82) is 0 Å². The Morgan fingerprint density at radius 2 is 1.87 bits per heavy atom.